The first-order valence-corrected chi connectivity index (χ1v) is 10.9. The van der Waals surface area contributed by atoms with Crippen LogP contribution in [-0.2, 0) is 19.8 Å². The molecule has 27 heavy (non-hydrogen) atoms. The smallest absolute Gasteiger partial charge is 0.370 e. The summed E-state index contributed by atoms with van der Waals surface area (Å²) in [6.07, 6.45) is 7.81. The number of nitrogens with zero attached hydrogens (tertiary/aromatic N) is 3. The standard InChI is InChI=1S/C20H27N3O3Si/c1-4-14-24-27(25-15-5-2,26-16-6-3)17-10-13-23-18-20(21-22-23)19-11-8-7-9-12-19/h4-9,11-12,18H,1-3,10,13-17H2. The number of benzene rings is 1. The zero-order valence-electron chi connectivity index (χ0n) is 15.6. The van der Waals surface area contributed by atoms with Crippen molar-refractivity contribution in [3.05, 3.63) is 74.5 Å². The van der Waals surface area contributed by atoms with E-state index in [1.54, 1.807) is 18.2 Å². The molecule has 0 saturated heterocycles. The summed E-state index contributed by atoms with van der Waals surface area (Å²) in [4.78, 5) is 0. The van der Waals surface area contributed by atoms with Crippen LogP contribution in [0, 0.1) is 0 Å². The van der Waals surface area contributed by atoms with Crippen molar-refractivity contribution in [1.82, 2.24) is 15.0 Å². The van der Waals surface area contributed by atoms with E-state index in [4.69, 9.17) is 13.3 Å². The van der Waals surface area contributed by atoms with Crippen molar-refractivity contribution in [2.24, 2.45) is 0 Å². The number of rotatable bonds is 14. The molecule has 2 rings (SSSR count). The highest BCUT2D eigenvalue weighted by molar-refractivity contribution is 6.60. The van der Waals surface area contributed by atoms with E-state index < -0.39 is 8.80 Å². The maximum Gasteiger partial charge on any atom is 0.501 e. The summed E-state index contributed by atoms with van der Waals surface area (Å²) >= 11 is 0. The van der Waals surface area contributed by atoms with Gasteiger partial charge in [-0.3, -0.25) is 4.68 Å². The number of hydrogen-bond donors (Lipinski definition) is 0. The molecule has 1 heterocycles. The lowest BCUT2D eigenvalue weighted by molar-refractivity contribution is 0.0851. The van der Waals surface area contributed by atoms with Crippen LogP contribution in [0.2, 0.25) is 6.04 Å². The van der Waals surface area contributed by atoms with Crippen LogP contribution in [0.5, 0.6) is 0 Å². The Morgan fingerprint density at radius 2 is 1.52 bits per heavy atom. The molecule has 144 valence electrons. The third kappa shape index (κ3) is 6.72. The minimum Gasteiger partial charge on any atom is -0.370 e. The van der Waals surface area contributed by atoms with E-state index in [2.05, 4.69) is 30.0 Å². The third-order valence-electron chi connectivity index (χ3n) is 3.74. The van der Waals surface area contributed by atoms with Crippen LogP contribution >= 0.6 is 0 Å². The summed E-state index contributed by atoms with van der Waals surface area (Å²) in [5, 5.41) is 8.45. The fraction of sp³-hybridized carbons (Fsp3) is 0.300. The Bertz CT molecular complexity index is 687. The lowest BCUT2D eigenvalue weighted by atomic mass is 10.2. The summed E-state index contributed by atoms with van der Waals surface area (Å²) in [6.45, 7) is 12.9. The number of aryl methyl sites for hydroxylation is 1. The Morgan fingerprint density at radius 1 is 0.926 bits per heavy atom. The Hall–Kier alpha value is -2.32. The summed E-state index contributed by atoms with van der Waals surface area (Å²) in [6, 6.07) is 10.6. The Morgan fingerprint density at radius 3 is 2.07 bits per heavy atom. The first-order chi connectivity index (χ1) is 13.2. The van der Waals surface area contributed by atoms with Crippen molar-refractivity contribution in [3.8, 4) is 11.3 Å². The van der Waals surface area contributed by atoms with E-state index in [1.165, 1.54) is 0 Å². The second-order valence-electron chi connectivity index (χ2n) is 5.82. The van der Waals surface area contributed by atoms with Crippen molar-refractivity contribution < 1.29 is 13.3 Å². The van der Waals surface area contributed by atoms with E-state index in [9.17, 15) is 0 Å². The summed E-state index contributed by atoms with van der Waals surface area (Å²) in [5.41, 5.74) is 1.90. The molecule has 0 aliphatic heterocycles. The molecule has 0 radical (unpaired) electrons. The zero-order valence-corrected chi connectivity index (χ0v) is 16.6. The van der Waals surface area contributed by atoms with Gasteiger partial charge in [0.2, 0.25) is 0 Å². The van der Waals surface area contributed by atoms with Gasteiger partial charge >= 0.3 is 8.80 Å². The molecule has 1 aromatic heterocycles. The van der Waals surface area contributed by atoms with Crippen LogP contribution in [0.25, 0.3) is 11.3 Å². The molecule has 0 aliphatic carbocycles. The van der Waals surface area contributed by atoms with Crippen molar-refractivity contribution in [3.63, 3.8) is 0 Å². The SMILES string of the molecule is C=CCO[Si](CCCn1cc(-c2ccccc2)nn1)(OCC=C)OCC=C. The Labute approximate surface area is 162 Å². The van der Waals surface area contributed by atoms with Crippen LogP contribution in [0.3, 0.4) is 0 Å². The van der Waals surface area contributed by atoms with Gasteiger partial charge in [0.05, 0.1) is 26.0 Å². The van der Waals surface area contributed by atoms with Crippen molar-refractivity contribution in [1.29, 1.82) is 0 Å². The van der Waals surface area contributed by atoms with Gasteiger partial charge in [0.25, 0.3) is 0 Å². The Balaban J connectivity index is 1.98. The second-order valence-corrected chi connectivity index (χ2v) is 8.55. The molecule has 0 fully saturated rings. The van der Waals surface area contributed by atoms with Crippen molar-refractivity contribution in [2.45, 2.75) is 19.0 Å². The van der Waals surface area contributed by atoms with Crippen LogP contribution < -0.4 is 0 Å². The molecule has 0 saturated carbocycles. The van der Waals surface area contributed by atoms with E-state index in [-0.39, 0.29) is 0 Å². The summed E-state index contributed by atoms with van der Waals surface area (Å²) < 4.78 is 19.6. The van der Waals surface area contributed by atoms with E-state index in [1.807, 2.05) is 41.2 Å². The zero-order chi connectivity index (χ0) is 19.4. The Kier molecular flexibility index (Phi) is 8.86. The molecule has 7 heteroatoms. The minimum atomic E-state index is -2.84. The highest BCUT2D eigenvalue weighted by Crippen LogP contribution is 2.20. The van der Waals surface area contributed by atoms with Gasteiger partial charge in [-0.2, -0.15) is 0 Å². The molecule has 0 aliphatic rings. The van der Waals surface area contributed by atoms with Gasteiger partial charge < -0.3 is 13.3 Å². The molecule has 1 aromatic carbocycles. The van der Waals surface area contributed by atoms with Crippen LogP contribution in [0.15, 0.2) is 74.5 Å². The predicted molar refractivity (Wildman–Crippen MR) is 109 cm³/mol. The fourth-order valence-corrected chi connectivity index (χ4v) is 4.90. The molecule has 2 aromatic rings. The molecule has 0 bridgehead atoms. The number of aromatic nitrogens is 3. The van der Waals surface area contributed by atoms with Crippen LogP contribution in [0.1, 0.15) is 6.42 Å². The molecule has 0 amide bonds. The van der Waals surface area contributed by atoms with E-state index in [0.717, 1.165) is 17.7 Å². The van der Waals surface area contributed by atoms with Gasteiger partial charge in [-0.25, -0.2) is 0 Å². The molecular weight excluding hydrogens is 358 g/mol. The lowest BCUT2D eigenvalue weighted by Crippen LogP contribution is -2.46. The van der Waals surface area contributed by atoms with Crippen LogP contribution in [-0.4, -0.2) is 43.6 Å². The molecule has 0 N–H and O–H groups in total. The number of hydrogen-bond acceptors (Lipinski definition) is 5. The predicted octanol–water partition coefficient (Wildman–Crippen LogP) is 3.88. The first-order valence-electron chi connectivity index (χ1n) is 8.93. The maximum absolute atomic E-state index is 5.93. The average Bonchev–Trinajstić information content (AvgIpc) is 3.18. The van der Waals surface area contributed by atoms with Crippen molar-refractivity contribution >= 4 is 8.80 Å². The highest BCUT2D eigenvalue weighted by atomic mass is 28.4. The second kappa shape index (κ2) is 11.4. The van der Waals surface area contributed by atoms with Gasteiger partial charge in [-0.1, -0.05) is 53.8 Å². The van der Waals surface area contributed by atoms with E-state index >= 15 is 0 Å². The molecule has 0 atom stereocenters. The topological polar surface area (TPSA) is 58.4 Å². The van der Waals surface area contributed by atoms with Gasteiger partial charge in [0.1, 0.15) is 5.69 Å². The third-order valence-corrected chi connectivity index (χ3v) is 6.53. The summed E-state index contributed by atoms with van der Waals surface area (Å²) in [7, 11) is -2.84. The average molecular weight is 386 g/mol. The van der Waals surface area contributed by atoms with Gasteiger partial charge in [0.15, 0.2) is 0 Å². The largest absolute Gasteiger partial charge is 0.501 e. The highest BCUT2D eigenvalue weighted by Gasteiger charge is 2.40. The molecule has 6 nitrogen and oxygen atoms in total. The first kappa shape index (κ1) is 21.0. The minimum absolute atomic E-state index is 0.377. The maximum atomic E-state index is 5.93. The normalized spacial score (nSPS) is 11.3. The van der Waals surface area contributed by atoms with Crippen LogP contribution in [0.4, 0.5) is 0 Å². The van der Waals surface area contributed by atoms with Crippen molar-refractivity contribution in [2.75, 3.05) is 19.8 Å². The van der Waals surface area contributed by atoms with Gasteiger partial charge in [-0.15, -0.1) is 24.8 Å². The molecule has 0 unspecified atom stereocenters. The molecule has 0 spiro atoms. The fourth-order valence-electron chi connectivity index (χ4n) is 2.51. The molecular formula is C20H27N3O3Si. The lowest BCUT2D eigenvalue weighted by Gasteiger charge is -2.28. The quantitative estimate of drug-likeness (QED) is 0.365. The van der Waals surface area contributed by atoms with E-state index in [0.29, 0.717) is 32.4 Å². The van der Waals surface area contributed by atoms with Gasteiger partial charge in [0, 0.05) is 18.2 Å². The monoisotopic (exact) mass is 385 g/mol. The van der Waals surface area contributed by atoms with Gasteiger partial charge in [-0.05, 0) is 6.42 Å². The summed E-state index contributed by atoms with van der Waals surface area (Å²) in [5.74, 6) is 0.